The number of nitrogens with zero attached hydrogens (tertiary/aromatic N) is 1. The van der Waals surface area contributed by atoms with E-state index in [1.54, 1.807) is 11.3 Å². The van der Waals surface area contributed by atoms with Crippen molar-refractivity contribution < 1.29 is 0 Å². The summed E-state index contributed by atoms with van der Waals surface area (Å²) >= 11 is 1.76. The Morgan fingerprint density at radius 2 is 2.29 bits per heavy atom. The van der Waals surface area contributed by atoms with Crippen LogP contribution in [0.4, 0.5) is 0 Å². The number of thiazole rings is 1. The first-order valence-electron chi connectivity index (χ1n) is 4.86. The Morgan fingerprint density at radius 1 is 1.43 bits per heavy atom. The van der Waals surface area contributed by atoms with Gasteiger partial charge in [0, 0.05) is 0 Å². The molecule has 1 aromatic carbocycles. The number of nitrogens with two attached hydrogens (primary N) is 1. The molecule has 0 amide bonds. The van der Waals surface area contributed by atoms with Crippen molar-refractivity contribution in [2.75, 3.05) is 6.54 Å². The molecule has 0 saturated heterocycles. The summed E-state index contributed by atoms with van der Waals surface area (Å²) in [5.74, 6) is 0. The molecule has 0 unspecified atom stereocenters. The zero-order valence-electron chi connectivity index (χ0n) is 8.29. The van der Waals surface area contributed by atoms with Gasteiger partial charge < -0.3 is 5.73 Å². The van der Waals surface area contributed by atoms with Crippen molar-refractivity contribution in [3.8, 4) is 0 Å². The average Bonchev–Trinajstić information content (AvgIpc) is 2.55. The van der Waals surface area contributed by atoms with Crippen LogP contribution < -0.4 is 5.73 Å². The molecule has 0 spiro atoms. The van der Waals surface area contributed by atoms with Crippen molar-refractivity contribution in [3.05, 3.63) is 28.8 Å². The van der Waals surface area contributed by atoms with Gasteiger partial charge in [-0.2, -0.15) is 0 Å². The quantitative estimate of drug-likeness (QED) is 0.838. The number of para-hydroxylation sites is 1. The van der Waals surface area contributed by atoms with Crippen LogP contribution in [0.3, 0.4) is 0 Å². The van der Waals surface area contributed by atoms with E-state index in [1.807, 2.05) is 0 Å². The zero-order chi connectivity index (χ0) is 9.97. The van der Waals surface area contributed by atoms with Crippen molar-refractivity contribution in [2.24, 2.45) is 5.73 Å². The lowest BCUT2D eigenvalue weighted by Gasteiger charge is -1.99. The summed E-state index contributed by atoms with van der Waals surface area (Å²) in [6.45, 7) is 2.80. The van der Waals surface area contributed by atoms with Gasteiger partial charge in [0.1, 0.15) is 0 Å². The Bertz CT molecular complexity index is 434. The van der Waals surface area contributed by atoms with Crippen molar-refractivity contribution >= 4 is 21.6 Å². The standard InChI is InChI=1S/C11H14N2S/c1-8-13-11-9(5-3-7-12)4-2-6-10(11)14-8/h2,4,6H,3,5,7,12H2,1H3. The average molecular weight is 206 g/mol. The zero-order valence-corrected chi connectivity index (χ0v) is 9.10. The summed E-state index contributed by atoms with van der Waals surface area (Å²) in [6.07, 6.45) is 2.08. The molecule has 2 rings (SSSR count). The van der Waals surface area contributed by atoms with Crippen LogP contribution in [0.2, 0.25) is 0 Å². The van der Waals surface area contributed by atoms with Crippen molar-refractivity contribution in [3.63, 3.8) is 0 Å². The fourth-order valence-electron chi connectivity index (χ4n) is 1.61. The molecule has 0 fully saturated rings. The normalized spacial score (nSPS) is 11.0. The first-order valence-corrected chi connectivity index (χ1v) is 5.68. The van der Waals surface area contributed by atoms with E-state index in [0.29, 0.717) is 0 Å². The van der Waals surface area contributed by atoms with E-state index in [9.17, 15) is 0 Å². The Morgan fingerprint density at radius 3 is 3.07 bits per heavy atom. The van der Waals surface area contributed by atoms with Crippen LogP contribution in [0.15, 0.2) is 18.2 Å². The van der Waals surface area contributed by atoms with E-state index in [2.05, 4.69) is 30.1 Å². The largest absolute Gasteiger partial charge is 0.330 e. The molecule has 0 radical (unpaired) electrons. The molecule has 0 saturated carbocycles. The molecule has 0 aliphatic carbocycles. The van der Waals surface area contributed by atoms with E-state index >= 15 is 0 Å². The number of fused-ring (bicyclic) bond motifs is 1. The number of hydrogen-bond acceptors (Lipinski definition) is 3. The fraction of sp³-hybridized carbons (Fsp3) is 0.364. The minimum absolute atomic E-state index is 0.750. The van der Waals surface area contributed by atoms with Gasteiger partial charge in [-0.05, 0) is 37.9 Å². The lowest BCUT2D eigenvalue weighted by molar-refractivity contribution is 0.836. The summed E-state index contributed by atoms with van der Waals surface area (Å²) in [4.78, 5) is 4.54. The highest BCUT2D eigenvalue weighted by Crippen LogP contribution is 2.24. The molecule has 14 heavy (non-hydrogen) atoms. The predicted molar refractivity (Wildman–Crippen MR) is 61.7 cm³/mol. The molecule has 2 aromatic rings. The van der Waals surface area contributed by atoms with Crippen LogP contribution >= 0.6 is 11.3 Å². The molecule has 0 aliphatic rings. The van der Waals surface area contributed by atoms with E-state index in [-0.39, 0.29) is 0 Å². The highest BCUT2D eigenvalue weighted by molar-refractivity contribution is 7.18. The predicted octanol–water partition coefficient (Wildman–Crippen LogP) is 2.50. The first-order chi connectivity index (χ1) is 6.81. The second kappa shape index (κ2) is 4.07. The van der Waals surface area contributed by atoms with Gasteiger partial charge in [0.05, 0.1) is 15.2 Å². The first kappa shape index (κ1) is 9.62. The smallest absolute Gasteiger partial charge is 0.0907 e. The van der Waals surface area contributed by atoms with E-state index < -0.39 is 0 Å². The minimum atomic E-state index is 0.750. The van der Waals surface area contributed by atoms with Crippen LogP contribution in [0.1, 0.15) is 17.0 Å². The maximum absolute atomic E-state index is 5.51. The molecule has 0 atom stereocenters. The van der Waals surface area contributed by atoms with Gasteiger partial charge in [0.2, 0.25) is 0 Å². The third-order valence-electron chi connectivity index (χ3n) is 2.26. The summed E-state index contributed by atoms with van der Waals surface area (Å²) in [5, 5.41) is 1.14. The lowest BCUT2D eigenvalue weighted by Crippen LogP contribution is -2.00. The lowest BCUT2D eigenvalue weighted by atomic mass is 10.1. The van der Waals surface area contributed by atoms with Crippen LogP contribution in [0, 0.1) is 6.92 Å². The molecule has 1 aromatic heterocycles. The Kier molecular flexibility index (Phi) is 2.79. The van der Waals surface area contributed by atoms with Gasteiger partial charge in [0.15, 0.2) is 0 Å². The maximum atomic E-state index is 5.51. The van der Waals surface area contributed by atoms with E-state index in [4.69, 9.17) is 5.73 Å². The second-order valence-electron chi connectivity index (χ2n) is 3.39. The molecule has 1 heterocycles. The van der Waals surface area contributed by atoms with Gasteiger partial charge in [-0.15, -0.1) is 11.3 Å². The van der Waals surface area contributed by atoms with Crippen LogP contribution in [0.25, 0.3) is 10.2 Å². The minimum Gasteiger partial charge on any atom is -0.330 e. The van der Waals surface area contributed by atoms with Crippen molar-refractivity contribution in [1.82, 2.24) is 4.98 Å². The molecule has 74 valence electrons. The summed E-state index contributed by atoms with van der Waals surface area (Å²) in [7, 11) is 0. The molecule has 0 bridgehead atoms. The number of aryl methyl sites for hydroxylation is 2. The monoisotopic (exact) mass is 206 g/mol. The fourth-order valence-corrected chi connectivity index (χ4v) is 2.49. The SMILES string of the molecule is Cc1nc2c(CCCN)cccc2s1. The molecule has 2 N–H and O–H groups in total. The third-order valence-corrected chi connectivity index (χ3v) is 3.20. The van der Waals surface area contributed by atoms with Gasteiger partial charge in [-0.1, -0.05) is 12.1 Å². The van der Waals surface area contributed by atoms with Crippen molar-refractivity contribution in [2.45, 2.75) is 19.8 Å². The molecule has 3 heteroatoms. The van der Waals surface area contributed by atoms with Crippen molar-refractivity contribution in [1.29, 1.82) is 0 Å². The van der Waals surface area contributed by atoms with Crippen LogP contribution in [-0.4, -0.2) is 11.5 Å². The third kappa shape index (κ3) is 1.79. The number of rotatable bonds is 3. The maximum Gasteiger partial charge on any atom is 0.0907 e. The number of hydrogen-bond donors (Lipinski definition) is 1. The summed E-state index contributed by atoms with van der Waals surface area (Å²) in [6, 6.07) is 6.38. The van der Waals surface area contributed by atoms with Crippen LogP contribution in [0.5, 0.6) is 0 Å². The number of aromatic nitrogens is 1. The van der Waals surface area contributed by atoms with Gasteiger partial charge in [-0.3, -0.25) is 0 Å². The summed E-state index contributed by atoms with van der Waals surface area (Å²) < 4.78 is 1.29. The molecule has 2 nitrogen and oxygen atoms in total. The molecular formula is C11H14N2S. The van der Waals surface area contributed by atoms with Crippen LogP contribution in [-0.2, 0) is 6.42 Å². The highest BCUT2D eigenvalue weighted by atomic mass is 32.1. The van der Waals surface area contributed by atoms with Gasteiger partial charge in [-0.25, -0.2) is 4.98 Å². The van der Waals surface area contributed by atoms with Gasteiger partial charge >= 0.3 is 0 Å². The molecule has 0 aliphatic heterocycles. The number of benzene rings is 1. The summed E-state index contributed by atoms with van der Waals surface area (Å²) in [5.41, 5.74) is 8.01. The topological polar surface area (TPSA) is 38.9 Å². The Balaban J connectivity index is 2.42. The Hall–Kier alpha value is -0.930. The van der Waals surface area contributed by atoms with E-state index in [0.717, 1.165) is 24.4 Å². The van der Waals surface area contributed by atoms with E-state index in [1.165, 1.54) is 15.8 Å². The molecular weight excluding hydrogens is 192 g/mol. The Labute approximate surface area is 87.8 Å². The second-order valence-corrected chi connectivity index (χ2v) is 4.62. The highest BCUT2D eigenvalue weighted by Gasteiger charge is 2.04. The van der Waals surface area contributed by atoms with Gasteiger partial charge in [0.25, 0.3) is 0 Å².